The molecule has 1 fully saturated rings. The number of hydrogen-bond acceptors (Lipinski definition) is 6. The number of amides is 2. The molecule has 4 rings (SSSR count). The van der Waals surface area contributed by atoms with E-state index in [0.29, 0.717) is 24.9 Å². The molecule has 10 nitrogen and oxygen atoms in total. The van der Waals surface area contributed by atoms with Gasteiger partial charge in [0.2, 0.25) is 21.8 Å². The highest BCUT2D eigenvalue weighted by Crippen LogP contribution is 2.31. The molecule has 1 aromatic heterocycles. The van der Waals surface area contributed by atoms with Crippen molar-refractivity contribution in [3.05, 3.63) is 95.4 Å². The highest BCUT2D eigenvalue weighted by molar-refractivity contribution is 7.88. The molecule has 2 aromatic carbocycles. The number of nitrogens with one attached hydrogen (secondary N) is 3. The largest absolute Gasteiger partial charge is 0.461 e. The Morgan fingerprint density at radius 3 is 2.24 bits per heavy atom. The minimum absolute atomic E-state index is 0.135. The number of amidine groups is 1. The molecule has 2 atom stereocenters. The number of carbonyl (C=O) groups excluding carboxylic acids is 2. The van der Waals surface area contributed by atoms with Gasteiger partial charge in [-0.15, -0.1) is 0 Å². The van der Waals surface area contributed by atoms with Crippen LogP contribution in [0.3, 0.4) is 0 Å². The smallest absolute Gasteiger partial charge is 0.243 e. The predicted molar refractivity (Wildman–Crippen MR) is 143 cm³/mol. The van der Waals surface area contributed by atoms with Gasteiger partial charge in [0, 0.05) is 24.6 Å². The van der Waals surface area contributed by atoms with E-state index < -0.39 is 33.9 Å². The first-order valence-corrected chi connectivity index (χ1v) is 14.1. The number of furan rings is 1. The van der Waals surface area contributed by atoms with Crippen molar-refractivity contribution in [1.29, 1.82) is 5.41 Å². The van der Waals surface area contributed by atoms with Gasteiger partial charge in [0.25, 0.3) is 0 Å². The molecule has 5 N–H and O–H groups in total. The summed E-state index contributed by atoms with van der Waals surface area (Å²) in [4.78, 5) is 28.7. The number of rotatable bonds is 10. The summed E-state index contributed by atoms with van der Waals surface area (Å²) in [6, 6.07) is 18.2. The zero-order chi connectivity index (χ0) is 27.3. The van der Waals surface area contributed by atoms with Gasteiger partial charge in [-0.3, -0.25) is 15.0 Å². The average Bonchev–Trinajstić information content (AvgIpc) is 3.57. The number of carbonyl (C=O) groups is 2. The maximum Gasteiger partial charge on any atom is 0.243 e. The van der Waals surface area contributed by atoms with Crippen LogP contribution < -0.4 is 15.8 Å². The molecule has 0 spiro atoms. The molecule has 3 aromatic rings. The summed E-state index contributed by atoms with van der Waals surface area (Å²) in [5.41, 5.74) is 7.60. The summed E-state index contributed by atoms with van der Waals surface area (Å²) >= 11 is 0. The van der Waals surface area contributed by atoms with E-state index in [9.17, 15) is 18.0 Å². The fourth-order valence-electron chi connectivity index (χ4n) is 4.79. The SMILES string of the molecule is CS(=O)(=O)N[C@@H](C(=O)N1CCC[C@H]1C(=O)NCc1coc(C(=N)N)c1)C(c1ccccc1)c1ccccc1. The molecule has 0 saturated carbocycles. The molecule has 0 bridgehead atoms. The number of nitrogens with zero attached hydrogens (tertiary/aromatic N) is 1. The molecule has 200 valence electrons. The van der Waals surface area contributed by atoms with Gasteiger partial charge in [-0.25, -0.2) is 13.1 Å². The third kappa shape index (κ3) is 6.48. The van der Waals surface area contributed by atoms with Crippen molar-refractivity contribution in [3.8, 4) is 0 Å². The van der Waals surface area contributed by atoms with E-state index in [-0.39, 0.29) is 24.0 Å². The molecule has 1 aliphatic heterocycles. The number of likely N-dealkylation sites (tertiary alicyclic amines) is 1. The first-order chi connectivity index (χ1) is 18.1. The van der Waals surface area contributed by atoms with Gasteiger partial charge < -0.3 is 20.4 Å². The zero-order valence-electron chi connectivity index (χ0n) is 21.0. The van der Waals surface area contributed by atoms with Crippen LogP contribution in [0.15, 0.2) is 77.4 Å². The Kier molecular flexibility index (Phi) is 8.28. The molecule has 2 amide bonds. The topological polar surface area (TPSA) is 159 Å². The fourth-order valence-corrected chi connectivity index (χ4v) is 5.49. The van der Waals surface area contributed by atoms with E-state index in [4.69, 9.17) is 15.6 Å². The van der Waals surface area contributed by atoms with Gasteiger partial charge in [-0.1, -0.05) is 60.7 Å². The number of nitrogen functional groups attached to an aromatic ring is 1. The highest BCUT2D eigenvalue weighted by Gasteiger charge is 2.41. The lowest BCUT2D eigenvalue weighted by Crippen LogP contribution is -2.55. The predicted octanol–water partition coefficient (Wildman–Crippen LogP) is 1.92. The van der Waals surface area contributed by atoms with Crippen molar-refractivity contribution < 1.29 is 22.4 Å². The van der Waals surface area contributed by atoms with E-state index in [1.165, 1.54) is 11.2 Å². The van der Waals surface area contributed by atoms with E-state index in [1.807, 2.05) is 60.7 Å². The first kappa shape index (κ1) is 27.1. The second-order valence-corrected chi connectivity index (χ2v) is 11.1. The Morgan fingerprint density at radius 2 is 1.71 bits per heavy atom. The Bertz CT molecular complexity index is 1350. The third-order valence-corrected chi connectivity index (χ3v) is 7.16. The number of sulfonamides is 1. The van der Waals surface area contributed by atoms with Gasteiger partial charge in [-0.2, -0.15) is 0 Å². The molecule has 1 saturated heterocycles. The zero-order valence-corrected chi connectivity index (χ0v) is 21.8. The molecule has 2 heterocycles. The van der Waals surface area contributed by atoms with Crippen LogP contribution in [0.1, 0.15) is 41.2 Å². The van der Waals surface area contributed by atoms with E-state index in [1.54, 1.807) is 6.07 Å². The summed E-state index contributed by atoms with van der Waals surface area (Å²) in [5, 5.41) is 10.3. The first-order valence-electron chi connectivity index (χ1n) is 12.2. The molecule has 0 radical (unpaired) electrons. The Hall–Kier alpha value is -3.96. The lowest BCUT2D eigenvalue weighted by molar-refractivity contribution is -0.140. The molecular weight excluding hydrogens is 506 g/mol. The second kappa shape index (κ2) is 11.6. The molecule has 0 unspecified atom stereocenters. The van der Waals surface area contributed by atoms with Crippen LogP contribution in [0.25, 0.3) is 0 Å². The molecule has 0 aliphatic carbocycles. The van der Waals surface area contributed by atoms with Crippen molar-refractivity contribution in [3.63, 3.8) is 0 Å². The third-order valence-electron chi connectivity index (χ3n) is 6.48. The minimum Gasteiger partial charge on any atom is -0.461 e. The second-order valence-electron chi connectivity index (χ2n) is 9.31. The van der Waals surface area contributed by atoms with Gasteiger partial charge in [0.05, 0.1) is 12.5 Å². The van der Waals surface area contributed by atoms with Crippen LogP contribution in [0.5, 0.6) is 0 Å². The van der Waals surface area contributed by atoms with Crippen LogP contribution in [0, 0.1) is 5.41 Å². The van der Waals surface area contributed by atoms with Crippen molar-refractivity contribution in [2.45, 2.75) is 37.4 Å². The van der Waals surface area contributed by atoms with Gasteiger partial charge in [-0.05, 0) is 30.0 Å². The number of nitrogens with two attached hydrogens (primary N) is 1. The Balaban J connectivity index is 1.61. The molecule has 1 aliphatic rings. The van der Waals surface area contributed by atoms with Crippen molar-refractivity contribution in [2.75, 3.05) is 12.8 Å². The monoisotopic (exact) mass is 537 g/mol. The van der Waals surface area contributed by atoms with E-state index in [2.05, 4.69) is 10.0 Å². The summed E-state index contributed by atoms with van der Waals surface area (Å²) in [5.74, 6) is -1.44. The van der Waals surface area contributed by atoms with Crippen LogP contribution >= 0.6 is 0 Å². The fraction of sp³-hybridized carbons (Fsp3) is 0.296. The molecule has 11 heteroatoms. The van der Waals surface area contributed by atoms with Crippen LogP contribution in [0.2, 0.25) is 0 Å². The standard InChI is InChI=1S/C27H31N5O5S/c1-38(35,36)31-24(23(19-9-4-2-5-10-19)20-11-6-3-7-12-20)27(34)32-14-8-13-21(32)26(33)30-16-18-15-22(25(28)29)37-17-18/h2-7,9-12,15,17,21,23-24,31H,8,13-14,16H2,1H3,(H3,28,29)(H,30,33)/t21-,24+/m0/s1. The summed E-state index contributed by atoms with van der Waals surface area (Å²) < 4.78 is 32.7. The van der Waals surface area contributed by atoms with Crippen LogP contribution in [-0.2, 0) is 26.2 Å². The van der Waals surface area contributed by atoms with Crippen molar-refractivity contribution in [2.24, 2.45) is 5.73 Å². The van der Waals surface area contributed by atoms with Gasteiger partial charge in [0.1, 0.15) is 12.1 Å². The van der Waals surface area contributed by atoms with Crippen LogP contribution in [0.4, 0.5) is 0 Å². The lowest BCUT2D eigenvalue weighted by Gasteiger charge is -2.33. The normalized spacial score (nSPS) is 16.4. The summed E-state index contributed by atoms with van der Waals surface area (Å²) in [7, 11) is -3.78. The van der Waals surface area contributed by atoms with Gasteiger partial charge >= 0.3 is 0 Å². The van der Waals surface area contributed by atoms with Crippen molar-refractivity contribution in [1.82, 2.24) is 14.9 Å². The molecule has 38 heavy (non-hydrogen) atoms. The minimum atomic E-state index is -3.78. The van der Waals surface area contributed by atoms with Crippen LogP contribution in [-0.4, -0.2) is 55.9 Å². The van der Waals surface area contributed by atoms with E-state index in [0.717, 1.165) is 17.4 Å². The summed E-state index contributed by atoms with van der Waals surface area (Å²) in [6.07, 6.45) is 3.49. The average molecular weight is 538 g/mol. The van der Waals surface area contributed by atoms with E-state index >= 15 is 0 Å². The number of hydrogen-bond donors (Lipinski definition) is 4. The van der Waals surface area contributed by atoms with Gasteiger partial charge in [0.15, 0.2) is 11.6 Å². The Labute approximate surface area is 221 Å². The Morgan fingerprint density at radius 1 is 1.11 bits per heavy atom. The maximum atomic E-state index is 14.0. The lowest BCUT2D eigenvalue weighted by atomic mass is 9.84. The quantitative estimate of drug-likeness (QED) is 0.228. The highest BCUT2D eigenvalue weighted by atomic mass is 32.2. The van der Waals surface area contributed by atoms with Crippen molar-refractivity contribution >= 4 is 27.7 Å². The summed E-state index contributed by atoms with van der Waals surface area (Å²) in [6.45, 7) is 0.463. The maximum absolute atomic E-state index is 14.0. The molecular formula is C27H31N5O5S. The number of benzene rings is 2.